The Morgan fingerprint density at radius 1 is 1.28 bits per heavy atom. The molecule has 8 nitrogen and oxygen atoms in total. The van der Waals surface area contributed by atoms with E-state index in [1.165, 1.54) is 6.20 Å². The summed E-state index contributed by atoms with van der Waals surface area (Å²) in [5.74, 6) is 0.208. The lowest BCUT2D eigenvalue weighted by Gasteiger charge is -2.45. The summed E-state index contributed by atoms with van der Waals surface area (Å²) in [6, 6.07) is 5.08. The maximum Gasteiger partial charge on any atom is 0.177 e. The van der Waals surface area contributed by atoms with E-state index in [0.29, 0.717) is 34.8 Å². The number of hydrogen-bond acceptors (Lipinski definition) is 7. The highest BCUT2D eigenvalue weighted by Crippen LogP contribution is 2.51. The van der Waals surface area contributed by atoms with Gasteiger partial charge in [0.2, 0.25) is 0 Å². The largest absolute Gasteiger partial charge is 0.507 e. The van der Waals surface area contributed by atoms with Crippen LogP contribution >= 0.6 is 0 Å². The number of allylic oxidation sites excluding steroid dienone is 1. The lowest BCUT2D eigenvalue weighted by Crippen LogP contribution is -2.61. The Labute approximate surface area is 185 Å². The third kappa shape index (κ3) is 3.19. The van der Waals surface area contributed by atoms with Crippen LogP contribution in [0.15, 0.2) is 43.4 Å². The molecule has 4 heterocycles. The van der Waals surface area contributed by atoms with E-state index in [9.17, 15) is 5.11 Å². The number of hydrogen-bond donors (Lipinski definition) is 2. The van der Waals surface area contributed by atoms with Crippen LogP contribution in [0, 0.1) is 11.8 Å². The standard InChI is InChI=1S/C23H26FN7O/c1-13-10-22(3)11-17(20(24)23(13,4)29-22)14(2)21-25-12-18(27-28-21)16-6-5-15(9-19(16)32)31-8-7-26-30-31/h5-9,12-13,17,20,29,32H,2,10-11H2,1,3-4H3/t13?,17-,20-,22+,23-/m1/s1. The fourth-order valence-electron chi connectivity index (χ4n) is 5.43. The highest BCUT2D eigenvalue weighted by Gasteiger charge is 2.59. The summed E-state index contributed by atoms with van der Waals surface area (Å²) in [6.07, 6.45) is 5.26. The van der Waals surface area contributed by atoms with Crippen molar-refractivity contribution in [2.75, 3.05) is 0 Å². The quantitative estimate of drug-likeness (QED) is 0.648. The molecule has 2 aliphatic rings. The van der Waals surface area contributed by atoms with Gasteiger partial charge in [0.15, 0.2) is 5.82 Å². The molecule has 2 aliphatic heterocycles. The van der Waals surface area contributed by atoms with E-state index < -0.39 is 11.7 Å². The zero-order chi connectivity index (χ0) is 22.7. The molecular formula is C23H26FN7O. The molecule has 1 aromatic carbocycles. The topological polar surface area (TPSA) is 102 Å². The Hall–Kier alpha value is -3.20. The fraction of sp³-hybridized carbons (Fsp3) is 0.435. The van der Waals surface area contributed by atoms with Gasteiger partial charge in [0.1, 0.15) is 17.6 Å². The van der Waals surface area contributed by atoms with Crippen molar-refractivity contribution in [3.05, 3.63) is 49.2 Å². The van der Waals surface area contributed by atoms with Crippen molar-refractivity contribution in [3.63, 3.8) is 0 Å². The van der Waals surface area contributed by atoms with Crippen molar-refractivity contribution < 1.29 is 9.50 Å². The second-order valence-electron chi connectivity index (χ2n) is 9.53. The van der Waals surface area contributed by atoms with Crippen LogP contribution in [-0.2, 0) is 0 Å². The number of halogens is 1. The number of rotatable bonds is 4. The van der Waals surface area contributed by atoms with Crippen LogP contribution in [0.4, 0.5) is 4.39 Å². The molecule has 2 aromatic heterocycles. The first-order valence-electron chi connectivity index (χ1n) is 10.7. The molecule has 0 amide bonds. The van der Waals surface area contributed by atoms with E-state index in [2.05, 4.69) is 51.2 Å². The Morgan fingerprint density at radius 3 is 2.75 bits per heavy atom. The fourth-order valence-corrected chi connectivity index (χ4v) is 5.43. The zero-order valence-electron chi connectivity index (χ0n) is 18.3. The third-order valence-corrected chi connectivity index (χ3v) is 7.19. The molecule has 3 aromatic rings. The number of aromatic nitrogens is 6. The molecule has 0 aliphatic carbocycles. The maximum absolute atomic E-state index is 15.6. The van der Waals surface area contributed by atoms with Crippen molar-refractivity contribution in [2.45, 2.75) is 50.9 Å². The smallest absolute Gasteiger partial charge is 0.177 e. The normalized spacial score (nSPS) is 31.6. The lowest BCUT2D eigenvalue weighted by atomic mass is 9.74. The van der Waals surface area contributed by atoms with Crippen molar-refractivity contribution in [3.8, 4) is 22.7 Å². The number of phenolic OH excluding ortho intramolecular Hbond substituents is 1. The number of benzene rings is 1. The number of alkyl halides is 1. The van der Waals surface area contributed by atoms with Gasteiger partial charge in [-0.05, 0) is 50.3 Å². The predicted octanol–water partition coefficient (Wildman–Crippen LogP) is 3.34. The van der Waals surface area contributed by atoms with Gasteiger partial charge in [0.25, 0.3) is 0 Å². The van der Waals surface area contributed by atoms with Crippen molar-refractivity contribution >= 4 is 5.57 Å². The molecule has 1 unspecified atom stereocenters. The molecule has 2 N–H and O–H groups in total. The van der Waals surface area contributed by atoms with Gasteiger partial charge in [-0.25, -0.2) is 14.1 Å². The maximum atomic E-state index is 15.6. The molecule has 5 rings (SSSR count). The third-order valence-electron chi connectivity index (χ3n) is 7.19. The highest BCUT2D eigenvalue weighted by atomic mass is 19.1. The number of phenols is 1. The molecular weight excluding hydrogens is 409 g/mol. The molecule has 32 heavy (non-hydrogen) atoms. The summed E-state index contributed by atoms with van der Waals surface area (Å²) < 4.78 is 17.1. The number of nitrogens with zero attached hydrogens (tertiary/aromatic N) is 6. The van der Waals surface area contributed by atoms with Gasteiger partial charge in [-0.2, -0.15) is 0 Å². The van der Waals surface area contributed by atoms with Crippen LogP contribution < -0.4 is 5.32 Å². The molecule has 0 saturated carbocycles. The van der Waals surface area contributed by atoms with E-state index in [4.69, 9.17) is 0 Å². The number of nitrogens with one attached hydrogen (secondary N) is 1. The van der Waals surface area contributed by atoms with Crippen LogP contribution in [0.1, 0.15) is 39.4 Å². The zero-order valence-corrected chi connectivity index (χ0v) is 18.3. The van der Waals surface area contributed by atoms with Crippen LogP contribution in [0.25, 0.3) is 22.5 Å². The summed E-state index contributed by atoms with van der Waals surface area (Å²) in [5.41, 5.74) is 1.42. The average molecular weight is 436 g/mol. The second-order valence-corrected chi connectivity index (χ2v) is 9.53. The van der Waals surface area contributed by atoms with Gasteiger partial charge in [-0.3, -0.25) is 0 Å². The van der Waals surface area contributed by atoms with Gasteiger partial charge in [0, 0.05) is 23.1 Å². The van der Waals surface area contributed by atoms with E-state index in [1.807, 2.05) is 6.92 Å². The first-order valence-corrected chi connectivity index (χ1v) is 10.7. The number of aromatic hydroxyl groups is 1. The van der Waals surface area contributed by atoms with E-state index in [0.717, 1.165) is 6.42 Å². The minimum Gasteiger partial charge on any atom is -0.507 e. The van der Waals surface area contributed by atoms with Crippen molar-refractivity contribution in [1.82, 2.24) is 35.5 Å². The van der Waals surface area contributed by atoms with E-state index >= 15 is 4.39 Å². The molecule has 5 atom stereocenters. The molecule has 2 bridgehead atoms. The molecule has 2 saturated heterocycles. The minimum atomic E-state index is -1.09. The van der Waals surface area contributed by atoms with Gasteiger partial charge in [-0.1, -0.05) is 18.7 Å². The van der Waals surface area contributed by atoms with Crippen molar-refractivity contribution in [1.29, 1.82) is 0 Å². The van der Waals surface area contributed by atoms with E-state index in [1.54, 1.807) is 35.3 Å². The van der Waals surface area contributed by atoms with Crippen molar-refractivity contribution in [2.24, 2.45) is 11.8 Å². The first-order chi connectivity index (χ1) is 15.2. The van der Waals surface area contributed by atoms with Gasteiger partial charge in [-0.15, -0.1) is 15.3 Å². The molecule has 0 spiro atoms. The Kier molecular flexibility index (Phi) is 4.63. The summed E-state index contributed by atoms with van der Waals surface area (Å²) in [5, 5.41) is 30.1. The van der Waals surface area contributed by atoms with Gasteiger partial charge >= 0.3 is 0 Å². The van der Waals surface area contributed by atoms with Gasteiger partial charge in [0.05, 0.1) is 29.8 Å². The second kappa shape index (κ2) is 7.16. The Balaban J connectivity index is 1.39. The minimum absolute atomic E-state index is 0.0225. The molecule has 0 radical (unpaired) electrons. The molecule has 9 heteroatoms. The number of piperidine rings is 1. The molecule has 166 valence electrons. The summed E-state index contributed by atoms with van der Waals surface area (Å²) >= 11 is 0. The summed E-state index contributed by atoms with van der Waals surface area (Å²) in [7, 11) is 0. The summed E-state index contributed by atoms with van der Waals surface area (Å²) in [6.45, 7) is 10.4. The first kappa shape index (κ1) is 20.7. The van der Waals surface area contributed by atoms with Gasteiger partial charge < -0.3 is 10.4 Å². The lowest BCUT2D eigenvalue weighted by molar-refractivity contribution is 0.0622. The SMILES string of the molecule is C=C(c1ncc(-c2ccc(-n3ccnn3)cc2O)nn1)[C@H]1C[C@]2(C)CC(C)[C@@](C)(N2)[C@@H]1F. The number of fused-ring (bicyclic) bond motifs is 2. The van der Waals surface area contributed by atoms with Crippen LogP contribution in [0.3, 0.4) is 0 Å². The highest BCUT2D eigenvalue weighted by molar-refractivity contribution is 5.68. The monoisotopic (exact) mass is 435 g/mol. The summed E-state index contributed by atoms with van der Waals surface area (Å²) in [4.78, 5) is 4.41. The Bertz CT molecular complexity index is 1170. The van der Waals surface area contributed by atoms with Crippen LogP contribution in [-0.4, -0.2) is 52.5 Å². The average Bonchev–Trinajstić information content (AvgIpc) is 3.37. The molecule has 2 fully saturated rings. The van der Waals surface area contributed by atoms with Crippen LogP contribution in [0.5, 0.6) is 5.75 Å². The van der Waals surface area contributed by atoms with E-state index in [-0.39, 0.29) is 23.1 Å². The Morgan fingerprint density at radius 2 is 2.09 bits per heavy atom. The van der Waals surface area contributed by atoms with Crippen LogP contribution in [0.2, 0.25) is 0 Å². The predicted molar refractivity (Wildman–Crippen MR) is 118 cm³/mol.